The summed E-state index contributed by atoms with van der Waals surface area (Å²) in [6.07, 6.45) is 0. The molecule has 27 heavy (non-hydrogen) atoms. The zero-order chi connectivity index (χ0) is 19.8. The maximum absolute atomic E-state index is 12.5. The van der Waals surface area contributed by atoms with Gasteiger partial charge in [0.25, 0.3) is 5.91 Å². The Morgan fingerprint density at radius 3 is 2.44 bits per heavy atom. The topological polar surface area (TPSA) is 105 Å². The van der Waals surface area contributed by atoms with Crippen LogP contribution >= 0.6 is 0 Å². The third kappa shape index (κ3) is 4.02. The van der Waals surface area contributed by atoms with Crippen LogP contribution in [0.25, 0.3) is 0 Å². The van der Waals surface area contributed by atoms with Gasteiger partial charge in [-0.1, -0.05) is 0 Å². The van der Waals surface area contributed by atoms with Crippen molar-refractivity contribution >= 4 is 21.8 Å². The second-order valence-electron chi connectivity index (χ2n) is 7.35. The van der Waals surface area contributed by atoms with Crippen LogP contribution in [0.5, 0.6) is 5.75 Å². The molecule has 9 heteroatoms. The lowest BCUT2D eigenvalue weighted by molar-refractivity contribution is 0.0931. The van der Waals surface area contributed by atoms with Gasteiger partial charge in [0.2, 0.25) is 0 Å². The molecular weight excluding hydrogens is 370 g/mol. The van der Waals surface area contributed by atoms with E-state index in [0.717, 1.165) is 0 Å². The summed E-state index contributed by atoms with van der Waals surface area (Å²) >= 11 is 0. The van der Waals surface area contributed by atoms with Gasteiger partial charge in [-0.3, -0.25) is 4.79 Å². The average molecular weight is 395 g/mol. The van der Waals surface area contributed by atoms with E-state index in [-0.39, 0.29) is 36.2 Å². The van der Waals surface area contributed by atoms with E-state index in [4.69, 9.17) is 4.74 Å². The molecule has 2 N–H and O–H groups in total. The number of nitrogens with zero attached hydrogens (tertiary/aromatic N) is 1. The lowest BCUT2D eigenvalue weighted by Crippen LogP contribution is -2.45. The van der Waals surface area contributed by atoms with Gasteiger partial charge in [0.1, 0.15) is 5.75 Å². The summed E-state index contributed by atoms with van der Waals surface area (Å²) < 4.78 is 30.1. The van der Waals surface area contributed by atoms with Crippen LogP contribution in [-0.4, -0.2) is 68.5 Å². The fraction of sp³-hybridized carbons (Fsp3) is 0.556. The van der Waals surface area contributed by atoms with Crippen molar-refractivity contribution in [1.82, 2.24) is 15.5 Å². The van der Waals surface area contributed by atoms with E-state index in [2.05, 4.69) is 10.6 Å². The van der Waals surface area contributed by atoms with Crippen LogP contribution in [-0.2, 0) is 9.84 Å². The number of methoxy groups -OCH3 is 1. The van der Waals surface area contributed by atoms with Crippen molar-refractivity contribution in [3.05, 3.63) is 29.8 Å². The second kappa shape index (κ2) is 7.38. The lowest BCUT2D eigenvalue weighted by Gasteiger charge is -2.22. The third-order valence-corrected chi connectivity index (χ3v) is 7.31. The van der Waals surface area contributed by atoms with Crippen LogP contribution in [0, 0.1) is 5.92 Å². The molecule has 0 saturated carbocycles. The smallest absolute Gasteiger partial charge is 0.317 e. The van der Waals surface area contributed by atoms with Gasteiger partial charge in [-0.15, -0.1) is 0 Å². The number of rotatable bonds is 4. The molecule has 0 aliphatic carbocycles. The minimum atomic E-state index is -3.36. The highest BCUT2D eigenvalue weighted by atomic mass is 32.2. The summed E-state index contributed by atoms with van der Waals surface area (Å²) in [5.74, 6) is -0.0829. The minimum Gasteiger partial charge on any atom is -0.497 e. The van der Waals surface area contributed by atoms with E-state index in [9.17, 15) is 18.0 Å². The van der Waals surface area contributed by atoms with Gasteiger partial charge in [-0.2, -0.15) is 0 Å². The highest BCUT2D eigenvalue weighted by Crippen LogP contribution is 2.34. The highest BCUT2D eigenvalue weighted by molar-refractivity contribution is 7.92. The van der Waals surface area contributed by atoms with Crippen molar-refractivity contribution in [3.63, 3.8) is 0 Å². The number of sulfone groups is 1. The maximum Gasteiger partial charge on any atom is 0.317 e. The first kappa shape index (κ1) is 19.5. The van der Waals surface area contributed by atoms with E-state index >= 15 is 0 Å². The van der Waals surface area contributed by atoms with E-state index < -0.39 is 21.1 Å². The number of likely N-dealkylation sites (tertiary alicyclic amines) is 1. The number of benzene rings is 1. The minimum absolute atomic E-state index is 0.0277. The van der Waals surface area contributed by atoms with Crippen LogP contribution in [0.1, 0.15) is 24.2 Å². The van der Waals surface area contributed by atoms with Gasteiger partial charge in [-0.25, -0.2) is 13.2 Å². The molecule has 3 atom stereocenters. The van der Waals surface area contributed by atoms with E-state index in [1.807, 2.05) is 13.8 Å². The number of fused-ring (bicyclic) bond motifs is 1. The number of amides is 3. The van der Waals surface area contributed by atoms with Crippen molar-refractivity contribution in [1.29, 1.82) is 0 Å². The molecule has 1 aromatic rings. The summed E-state index contributed by atoms with van der Waals surface area (Å²) in [6, 6.07) is 5.81. The van der Waals surface area contributed by atoms with Gasteiger partial charge < -0.3 is 20.3 Å². The molecule has 2 saturated heterocycles. The first-order valence-electron chi connectivity index (χ1n) is 8.93. The summed E-state index contributed by atoms with van der Waals surface area (Å²) in [6.45, 7) is 4.18. The Morgan fingerprint density at radius 2 is 1.85 bits per heavy atom. The number of carbonyl (C=O) groups is 2. The molecule has 1 aromatic carbocycles. The fourth-order valence-corrected chi connectivity index (χ4v) is 6.00. The highest BCUT2D eigenvalue weighted by Gasteiger charge is 2.53. The van der Waals surface area contributed by atoms with E-state index in [1.165, 1.54) is 4.90 Å². The molecule has 8 nitrogen and oxygen atoms in total. The summed E-state index contributed by atoms with van der Waals surface area (Å²) in [5.41, 5.74) is 0.434. The Morgan fingerprint density at radius 1 is 1.19 bits per heavy atom. The number of hydrogen-bond donors (Lipinski definition) is 2. The zero-order valence-electron chi connectivity index (χ0n) is 15.6. The molecule has 0 spiro atoms. The van der Waals surface area contributed by atoms with Crippen molar-refractivity contribution in [2.24, 2.45) is 5.92 Å². The largest absolute Gasteiger partial charge is 0.497 e. The van der Waals surface area contributed by atoms with Crippen LogP contribution in [0.15, 0.2) is 24.3 Å². The first-order chi connectivity index (χ1) is 12.7. The number of ether oxygens (including phenoxy) is 1. The average Bonchev–Trinajstić information content (AvgIpc) is 3.15. The normalized spacial score (nSPS) is 25.9. The first-order valence-corrected chi connectivity index (χ1v) is 10.6. The molecular formula is C18H25N3O5S. The molecule has 0 bridgehead atoms. The zero-order valence-corrected chi connectivity index (χ0v) is 16.5. The van der Waals surface area contributed by atoms with Gasteiger partial charge in [0.15, 0.2) is 9.84 Å². The Balaban J connectivity index is 1.71. The van der Waals surface area contributed by atoms with E-state index in [1.54, 1.807) is 31.4 Å². The Kier molecular flexibility index (Phi) is 5.32. The Labute approximate surface area is 159 Å². The second-order valence-corrected chi connectivity index (χ2v) is 9.61. The fourth-order valence-electron chi connectivity index (χ4n) is 3.71. The predicted molar refractivity (Wildman–Crippen MR) is 101 cm³/mol. The molecule has 2 heterocycles. The number of nitrogens with one attached hydrogen (secondary N) is 2. The summed E-state index contributed by atoms with van der Waals surface area (Å²) in [4.78, 5) is 26.3. The Bertz CT molecular complexity index is 822. The van der Waals surface area contributed by atoms with Gasteiger partial charge >= 0.3 is 6.03 Å². The van der Waals surface area contributed by atoms with Crippen LogP contribution in [0.2, 0.25) is 0 Å². The van der Waals surface area contributed by atoms with Crippen LogP contribution in [0.3, 0.4) is 0 Å². The quantitative estimate of drug-likeness (QED) is 0.779. The molecule has 148 valence electrons. The van der Waals surface area contributed by atoms with Crippen molar-refractivity contribution in [2.45, 2.75) is 31.2 Å². The number of carbonyl (C=O) groups excluding carboxylic acids is 2. The van der Waals surface area contributed by atoms with Crippen molar-refractivity contribution in [3.8, 4) is 5.75 Å². The summed E-state index contributed by atoms with van der Waals surface area (Å²) in [5, 5.41) is 5.00. The standard InChI is InChI=1S/C18H25N3O5S/c1-11(2)19-18(23)21-8-14-15(10-27(24,25)16(14)9-21)20-17(22)12-4-6-13(26-3)7-5-12/h4-7,11,14-16H,8-10H2,1-3H3,(H,19,23)(H,20,22)/t14-,15+,16-/m0/s1. The predicted octanol–water partition coefficient (Wildman–Crippen LogP) is 0.640. The number of urea groups is 1. The van der Waals surface area contributed by atoms with Crippen molar-refractivity contribution in [2.75, 3.05) is 26.0 Å². The maximum atomic E-state index is 12.5. The molecule has 2 aliphatic rings. The number of hydrogen-bond acceptors (Lipinski definition) is 5. The summed E-state index contributed by atoms with van der Waals surface area (Å²) in [7, 11) is -1.82. The van der Waals surface area contributed by atoms with Crippen LogP contribution < -0.4 is 15.4 Å². The monoisotopic (exact) mass is 395 g/mol. The third-order valence-electron chi connectivity index (χ3n) is 5.07. The van der Waals surface area contributed by atoms with Crippen LogP contribution in [0.4, 0.5) is 4.79 Å². The molecule has 0 radical (unpaired) electrons. The van der Waals surface area contributed by atoms with Gasteiger partial charge in [-0.05, 0) is 38.1 Å². The molecule has 2 fully saturated rings. The lowest BCUT2D eigenvalue weighted by atomic mass is 10.00. The SMILES string of the molecule is COc1ccc(C(=O)N[C@@H]2CS(=O)(=O)[C@H]3CN(C(=O)NC(C)C)C[C@@H]23)cc1. The van der Waals surface area contributed by atoms with Crippen molar-refractivity contribution < 1.29 is 22.7 Å². The molecule has 0 unspecified atom stereocenters. The molecule has 3 rings (SSSR count). The Hall–Kier alpha value is -2.29. The van der Waals surface area contributed by atoms with Gasteiger partial charge in [0.05, 0.1) is 18.1 Å². The van der Waals surface area contributed by atoms with E-state index in [0.29, 0.717) is 17.9 Å². The van der Waals surface area contributed by atoms with Gasteiger partial charge in [0, 0.05) is 36.7 Å². The molecule has 3 amide bonds. The molecule has 0 aromatic heterocycles. The molecule has 2 aliphatic heterocycles.